The highest BCUT2D eigenvalue weighted by atomic mass is 35.5. The van der Waals surface area contributed by atoms with Gasteiger partial charge in [0, 0.05) is 11.6 Å². The maximum absolute atomic E-state index is 13.0. The van der Waals surface area contributed by atoms with Crippen molar-refractivity contribution < 1.29 is 4.79 Å². The Kier molecular flexibility index (Phi) is 5.96. The van der Waals surface area contributed by atoms with E-state index < -0.39 is 0 Å². The van der Waals surface area contributed by atoms with Gasteiger partial charge in [-0.3, -0.25) is 14.2 Å². The van der Waals surface area contributed by atoms with E-state index in [1.807, 2.05) is 37.3 Å². The van der Waals surface area contributed by atoms with E-state index in [4.69, 9.17) is 11.6 Å². The molecule has 1 amide bonds. The maximum atomic E-state index is 13.0. The van der Waals surface area contributed by atoms with E-state index in [-0.39, 0.29) is 17.2 Å². The van der Waals surface area contributed by atoms with Crippen molar-refractivity contribution in [3.63, 3.8) is 0 Å². The number of carbonyl (C=O) groups is 1. The number of rotatable bonds is 6. The molecule has 0 saturated carbocycles. The quantitative estimate of drug-likeness (QED) is 0.520. The molecule has 2 aromatic carbocycles. The maximum Gasteiger partial charge on any atom is 0.262 e. The lowest BCUT2D eigenvalue weighted by Crippen LogP contribution is -2.27. The van der Waals surface area contributed by atoms with Crippen LogP contribution in [-0.2, 0) is 11.3 Å². The molecule has 7 heteroatoms. The molecule has 0 fully saturated rings. The average molecular weight is 388 g/mol. The molecule has 0 aliphatic carbocycles. The molecule has 3 aromatic rings. The van der Waals surface area contributed by atoms with Crippen molar-refractivity contribution in [1.82, 2.24) is 14.9 Å². The van der Waals surface area contributed by atoms with E-state index in [0.29, 0.717) is 34.2 Å². The first-order valence-corrected chi connectivity index (χ1v) is 9.58. The molecule has 0 unspecified atom stereocenters. The lowest BCUT2D eigenvalue weighted by molar-refractivity contribution is -0.118. The first-order valence-electron chi connectivity index (χ1n) is 8.22. The number of aromatic nitrogens is 2. The molecule has 1 N–H and O–H groups in total. The van der Waals surface area contributed by atoms with Gasteiger partial charge in [0.2, 0.25) is 5.91 Å². The van der Waals surface area contributed by atoms with Gasteiger partial charge in [0.15, 0.2) is 5.16 Å². The summed E-state index contributed by atoms with van der Waals surface area (Å²) in [6.45, 7) is 2.82. The van der Waals surface area contributed by atoms with E-state index in [1.54, 1.807) is 22.8 Å². The van der Waals surface area contributed by atoms with Gasteiger partial charge in [0.25, 0.3) is 5.56 Å². The van der Waals surface area contributed by atoms with Crippen molar-refractivity contribution >= 4 is 40.2 Å². The van der Waals surface area contributed by atoms with Gasteiger partial charge in [-0.2, -0.15) is 0 Å². The fourth-order valence-corrected chi connectivity index (χ4v) is 3.56. The number of nitrogens with zero attached hydrogens (tertiary/aromatic N) is 2. The highest BCUT2D eigenvalue weighted by Gasteiger charge is 2.14. The molecule has 0 radical (unpaired) electrons. The van der Waals surface area contributed by atoms with Crippen LogP contribution < -0.4 is 10.9 Å². The zero-order valence-electron chi connectivity index (χ0n) is 14.2. The third-order valence-corrected chi connectivity index (χ3v) is 4.98. The standard InChI is InChI=1S/C19H18ClN3O2S/c1-2-21-17(24)12-26-19-22-16-10-14(20)8-9-15(16)18(25)23(19)11-13-6-4-3-5-7-13/h3-10H,2,11-12H2,1H3,(H,21,24). The van der Waals surface area contributed by atoms with E-state index in [9.17, 15) is 9.59 Å². The lowest BCUT2D eigenvalue weighted by Gasteiger charge is -2.13. The molecule has 1 heterocycles. The Hall–Kier alpha value is -2.31. The third kappa shape index (κ3) is 4.26. The molecule has 1 aromatic heterocycles. The van der Waals surface area contributed by atoms with Crippen LogP contribution in [0.3, 0.4) is 0 Å². The molecule has 26 heavy (non-hydrogen) atoms. The molecule has 0 saturated heterocycles. The van der Waals surface area contributed by atoms with Gasteiger partial charge in [-0.1, -0.05) is 53.7 Å². The topological polar surface area (TPSA) is 64.0 Å². The van der Waals surface area contributed by atoms with Crippen molar-refractivity contribution in [2.24, 2.45) is 0 Å². The van der Waals surface area contributed by atoms with Crippen LogP contribution in [0.15, 0.2) is 58.5 Å². The van der Waals surface area contributed by atoms with E-state index in [1.165, 1.54) is 11.8 Å². The van der Waals surface area contributed by atoms with Crippen molar-refractivity contribution in [2.75, 3.05) is 12.3 Å². The summed E-state index contributed by atoms with van der Waals surface area (Å²) in [4.78, 5) is 29.4. The average Bonchev–Trinajstić information content (AvgIpc) is 2.63. The number of fused-ring (bicyclic) bond motifs is 1. The summed E-state index contributed by atoms with van der Waals surface area (Å²) in [5, 5.41) is 4.28. The Morgan fingerprint density at radius 1 is 1.23 bits per heavy atom. The van der Waals surface area contributed by atoms with Crippen molar-refractivity contribution in [3.05, 3.63) is 69.5 Å². The van der Waals surface area contributed by atoms with Crippen LogP contribution in [0.4, 0.5) is 0 Å². The Labute approximate surface area is 160 Å². The predicted octanol–water partition coefficient (Wildman–Crippen LogP) is 3.33. The van der Waals surface area contributed by atoms with Gasteiger partial charge in [0.05, 0.1) is 23.2 Å². The molecular formula is C19H18ClN3O2S. The highest BCUT2D eigenvalue weighted by Crippen LogP contribution is 2.21. The van der Waals surface area contributed by atoms with Gasteiger partial charge in [0.1, 0.15) is 0 Å². The molecule has 0 atom stereocenters. The fourth-order valence-electron chi connectivity index (χ4n) is 2.57. The summed E-state index contributed by atoms with van der Waals surface area (Å²) in [5.41, 5.74) is 1.38. The predicted molar refractivity (Wildman–Crippen MR) is 106 cm³/mol. The van der Waals surface area contributed by atoms with Crippen LogP contribution in [0.5, 0.6) is 0 Å². The van der Waals surface area contributed by atoms with Crippen molar-refractivity contribution in [3.8, 4) is 0 Å². The minimum atomic E-state index is -0.145. The van der Waals surface area contributed by atoms with Crippen LogP contribution in [0.25, 0.3) is 10.9 Å². The SMILES string of the molecule is CCNC(=O)CSc1nc2cc(Cl)ccc2c(=O)n1Cc1ccccc1. The second-order valence-electron chi connectivity index (χ2n) is 5.67. The largest absolute Gasteiger partial charge is 0.356 e. The minimum Gasteiger partial charge on any atom is -0.356 e. The summed E-state index contributed by atoms with van der Waals surface area (Å²) >= 11 is 7.29. The molecule has 134 valence electrons. The number of nitrogens with one attached hydrogen (secondary N) is 1. The van der Waals surface area contributed by atoms with Crippen LogP contribution in [0.2, 0.25) is 5.02 Å². The van der Waals surface area contributed by atoms with Crippen LogP contribution >= 0.6 is 23.4 Å². The number of halogens is 1. The number of hydrogen-bond acceptors (Lipinski definition) is 4. The first-order chi connectivity index (χ1) is 12.6. The second kappa shape index (κ2) is 8.38. The molecule has 0 bridgehead atoms. The molecule has 0 aliphatic rings. The van der Waals surface area contributed by atoms with Gasteiger partial charge in [-0.05, 0) is 30.7 Å². The summed E-state index contributed by atoms with van der Waals surface area (Å²) in [6, 6.07) is 14.7. The first kappa shape index (κ1) is 18.5. The smallest absolute Gasteiger partial charge is 0.262 e. The normalized spacial score (nSPS) is 10.8. The third-order valence-electron chi connectivity index (χ3n) is 3.77. The van der Waals surface area contributed by atoms with Gasteiger partial charge in [-0.15, -0.1) is 0 Å². The van der Waals surface area contributed by atoms with Crippen LogP contribution in [0.1, 0.15) is 12.5 Å². The number of amides is 1. The fraction of sp³-hybridized carbons (Fsp3) is 0.211. The minimum absolute atomic E-state index is 0.0933. The molecular weight excluding hydrogens is 370 g/mol. The lowest BCUT2D eigenvalue weighted by atomic mass is 10.2. The van der Waals surface area contributed by atoms with E-state index >= 15 is 0 Å². The van der Waals surface area contributed by atoms with E-state index in [0.717, 1.165) is 5.56 Å². The van der Waals surface area contributed by atoms with Crippen LogP contribution in [-0.4, -0.2) is 27.8 Å². The Morgan fingerprint density at radius 3 is 2.73 bits per heavy atom. The van der Waals surface area contributed by atoms with Crippen molar-refractivity contribution in [2.45, 2.75) is 18.6 Å². The second-order valence-corrected chi connectivity index (χ2v) is 7.05. The molecule has 3 rings (SSSR count). The molecule has 5 nitrogen and oxygen atoms in total. The highest BCUT2D eigenvalue weighted by molar-refractivity contribution is 7.99. The number of thioether (sulfide) groups is 1. The zero-order valence-corrected chi connectivity index (χ0v) is 15.8. The summed E-state index contributed by atoms with van der Waals surface area (Å²) < 4.78 is 1.61. The molecule has 0 spiro atoms. The number of carbonyl (C=O) groups excluding carboxylic acids is 1. The van der Waals surface area contributed by atoms with Gasteiger partial charge >= 0.3 is 0 Å². The molecule has 0 aliphatic heterocycles. The summed E-state index contributed by atoms with van der Waals surface area (Å²) in [5.74, 6) is 0.102. The number of hydrogen-bond donors (Lipinski definition) is 1. The Bertz CT molecular complexity index is 989. The Balaban J connectivity index is 2.04. The van der Waals surface area contributed by atoms with Gasteiger partial charge < -0.3 is 5.32 Å². The summed E-state index contributed by atoms with van der Waals surface area (Å²) in [6.07, 6.45) is 0. The summed E-state index contributed by atoms with van der Waals surface area (Å²) in [7, 11) is 0. The van der Waals surface area contributed by atoms with Gasteiger partial charge in [-0.25, -0.2) is 4.98 Å². The van der Waals surface area contributed by atoms with Crippen LogP contribution in [0, 0.1) is 0 Å². The monoisotopic (exact) mass is 387 g/mol. The number of benzene rings is 2. The van der Waals surface area contributed by atoms with E-state index in [2.05, 4.69) is 10.3 Å². The zero-order chi connectivity index (χ0) is 18.5. The van der Waals surface area contributed by atoms with Crippen molar-refractivity contribution in [1.29, 1.82) is 0 Å². The Morgan fingerprint density at radius 2 is 2.00 bits per heavy atom.